The summed E-state index contributed by atoms with van der Waals surface area (Å²) < 4.78 is 18.9. The average Bonchev–Trinajstić information content (AvgIpc) is 2.80. The molecule has 0 aliphatic heterocycles. The summed E-state index contributed by atoms with van der Waals surface area (Å²) >= 11 is 0. The largest absolute Gasteiger partial charge is 0.494 e. The van der Waals surface area contributed by atoms with Crippen molar-refractivity contribution in [2.24, 2.45) is 0 Å². The van der Waals surface area contributed by atoms with Crippen LogP contribution in [-0.2, 0) is 6.42 Å². The Labute approximate surface area is 190 Å². The molecule has 5 rings (SSSR count). The normalized spacial score (nSPS) is 15.4. The third kappa shape index (κ3) is 4.24. The molecule has 2 aromatic carbocycles. The molecule has 0 amide bonds. The van der Waals surface area contributed by atoms with Gasteiger partial charge in [-0.3, -0.25) is 10.1 Å². The summed E-state index contributed by atoms with van der Waals surface area (Å²) in [5.41, 5.74) is 3.69. The van der Waals surface area contributed by atoms with Crippen LogP contribution < -0.4 is 10.1 Å². The van der Waals surface area contributed by atoms with Crippen LogP contribution >= 0.6 is 0 Å². The molecule has 0 bridgehead atoms. The number of carbonyl (C=O) groups is 1. The minimum atomic E-state index is -0.296. The fourth-order valence-electron chi connectivity index (χ4n) is 4.15. The van der Waals surface area contributed by atoms with E-state index in [0.29, 0.717) is 42.6 Å². The van der Waals surface area contributed by atoms with E-state index >= 15 is 0 Å². The fourth-order valence-corrected chi connectivity index (χ4v) is 4.15. The van der Waals surface area contributed by atoms with E-state index in [0.717, 1.165) is 27.9 Å². The van der Waals surface area contributed by atoms with Crippen molar-refractivity contribution >= 4 is 28.6 Å². The number of Topliss-reactive ketones (excluding diaryl/α,β-unsaturated/α-hetero) is 1. The highest BCUT2D eigenvalue weighted by Gasteiger charge is 2.28. The minimum absolute atomic E-state index is 0.0139. The lowest BCUT2D eigenvalue weighted by molar-refractivity contribution is 0.0962. The van der Waals surface area contributed by atoms with Gasteiger partial charge in [0.15, 0.2) is 5.78 Å². The maximum Gasteiger partial charge on any atom is 0.230 e. The number of nitrogens with one attached hydrogen (secondary N) is 1. The van der Waals surface area contributed by atoms with E-state index in [1.807, 2.05) is 32.0 Å². The number of aromatic nitrogens is 4. The summed E-state index contributed by atoms with van der Waals surface area (Å²) in [5, 5.41) is 3.98. The van der Waals surface area contributed by atoms with E-state index in [1.54, 1.807) is 18.3 Å². The second-order valence-corrected chi connectivity index (χ2v) is 8.00. The van der Waals surface area contributed by atoms with Crippen molar-refractivity contribution in [1.82, 2.24) is 19.9 Å². The van der Waals surface area contributed by atoms with Gasteiger partial charge in [0.2, 0.25) is 11.9 Å². The number of fused-ring (bicyclic) bond motifs is 2. The highest BCUT2D eigenvalue weighted by atomic mass is 19.1. The summed E-state index contributed by atoms with van der Waals surface area (Å²) in [4.78, 5) is 30.7. The first-order valence-corrected chi connectivity index (χ1v) is 10.8. The quantitative estimate of drug-likeness (QED) is 0.468. The van der Waals surface area contributed by atoms with Gasteiger partial charge in [-0.25, -0.2) is 24.3 Å². The predicted molar refractivity (Wildman–Crippen MR) is 123 cm³/mol. The van der Waals surface area contributed by atoms with Gasteiger partial charge in [0.25, 0.3) is 0 Å². The summed E-state index contributed by atoms with van der Waals surface area (Å²) in [5.74, 6) is 1.12. The average molecular weight is 443 g/mol. The van der Waals surface area contributed by atoms with E-state index < -0.39 is 0 Å². The Morgan fingerprint density at radius 2 is 1.88 bits per heavy atom. The van der Waals surface area contributed by atoms with Crippen LogP contribution in [0.15, 0.2) is 48.7 Å². The number of anilines is 2. The Morgan fingerprint density at radius 3 is 2.67 bits per heavy atom. The lowest BCUT2D eigenvalue weighted by Crippen LogP contribution is -2.21. The highest BCUT2D eigenvalue weighted by molar-refractivity contribution is 5.98. The van der Waals surface area contributed by atoms with Gasteiger partial charge in [-0.2, -0.15) is 0 Å². The molecule has 0 saturated heterocycles. The molecule has 1 aliphatic rings. The Morgan fingerprint density at radius 1 is 1.06 bits per heavy atom. The minimum Gasteiger partial charge on any atom is -0.494 e. The molecule has 1 unspecified atom stereocenters. The van der Waals surface area contributed by atoms with Gasteiger partial charge in [-0.15, -0.1) is 0 Å². The second-order valence-electron chi connectivity index (χ2n) is 8.00. The Hall–Kier alpha value is -3.94. The number of benzene rings is 2. The van der Waals surface area contributed by atoms with Crippen molar-refractivity contribution < 1.29 is 13.9 Å². The maximum atomic E-state index is 13.3. The molecule has 33 heavy (non-hydrogen) atoms. The van der Waals surface area contributed by atoms with Crippen molar-refractivity contribution in [3.63, 3.8) is 0 Å². The van der Waals surface area contributed by atoms with Crippen LogP contribution in [0, 0.1) is 12.7 Å². The van der Waals surface area contributed by atoms with Gasteiger partial charge in [0.05, 0.1) is 29.1 Å². The number of halogens is 1. The predicted octanol–water partition coefficient (Wildman–Crippen LogP) is 4.92. The summed E-state index contributed by atoms with van der Waals surface area (Å²) in [6.45, 7) is 4.43. The number of hydrogen-bond donors (Lipinski definition) is 1. The van der Waals surface area contributed by atoms with Crippen molar-refractivity contribution in [2.75, 3.05) is 11.9 Å². The van der Waals surface area contributed by atoms with E-state index in [4.69, 9.17) is 4.74 Å². The van der Waals surface area contributed by atoms with Crippen LogP contribution in [0.5, 0.6) is 5.75 Å². The van der Waals surface area contributed by atoms with Gasteiger partial charge in [0.1, 0.15) is 11.6 Å². The van der Waals surface area contributed by atoms with Crippen LogP contribution in [-0.4, -0.2) is 32.3 Å². The first-order valence-electron chi connectivity index (χ1n) is 10.8. The van der Waals surface area contributed by atoms with Crippen molar-refractivity contribution in [2.45, 2.75) is 32.6 Å². The third-order valence-electron chi connectivity index (χ3n) is 5.77. The molecule has 8 heteroatoms. The van der Waals surface area contributed by atoms with Crippen molar-refractivity contribution in [1.29, 1.82) is 0 Å². The van der Waals surface area contributed by atoms with Crippen LogP contribution in [0.4, 0.5) is 16.3 Å². The number of hydrogen-bond acceptors (Lipinski definition) is 7. The second kappa shape index (κ2) is 8.54. The maximum absolute atomic E-state index is 13.3. The molecular weight excluding hydrogens is 421 g/mol. The standard InChI is InChI=1S/C25H22FN5O2/c1-3-33-18-8-9-21-19(12-18)14(2)28-25(29-21)31-24-27-13-20-22(30-24)10-16(11-23(20)32)15-4-6-17(26)7-5-15/h4-9,12-13,16H,3,10-11H2,1-2H3,(H,27,28,29,30,31). The zero-order valence-corrected chi connectivity index (χ0v) is 18.3. The number of rotatable bonds is 5. The molecule has 0 spiro atoms. The van der Waals surface area contributed by atoms with Crippen LogP contribution in [0.25, 0.3) is 10.9 Å². The SMILES string of the molecule is CCOc1ccc2nc(Nc3ncc4c(n3)CC(c3ccc(F)cc3)CC4=O)nc(C)c2c1. The number of carbonyl (C=O) groups excluding carboxylic acids is 1. The molecule has 0 radical (unpaired) electrons. The van der Waals surface area contributed by atoms with Gasteiger partial charge in [-0.1, -0.05) is 12.1 Å². The Kier molecular flexibility index (Phi) is 5.42. The number of ketones is 1. The smallest absolute Gasteiger partial charge is 0.230 e. The molecule has 1 N–H and O–H groups in total. The van der Waals surface area contributed by atoms with Gasteiger partial charge in [-0.05, 0) is 62.1 Å². The molecule has 7 nitrogen and oxygen atoms in total. The van der Waals surface area contributed by atoms with Gasteiger partial charge in [0, 0.05) is 18.0 Å². The van der Waals surface area contributed by atoms with E-state index in [9.17, 15) is 9.18 Å². The molecule has 1 atom stereocenters. The van der Waals surface area contributed by atoms with Crippen molar-refractivity contribution in [3.05, 3.63) is 77.0 Å². The fraction of sp³-hybridized carbons (Fsp3) is 0.240. The summed E-state index contributed by atoms with van der Waals surface area (Å²) in [6.07, 6.45) is 2.48. The first kappa shape index (κ1) is 20.9. The lowest BCUT2D eigenvalue weighted by Gasteiger charge is -2.23. The molecule has 0 saturated carbocycles. The van der Waals surface area contributed by atoms with E-state index in [2.05, 4.69) is 25.3 Å². The number of nitrogens with zero attached hydrogens (tertiary/aromatic N) is 4. The van der Waals surface area contributed by atoms with Crippen LogP contribution in [0.2, 0.25) is 0 Å². The van der Waals surface area contributed by atoms with E-state index in [-0.39, 0.29) is 17.5 Å². The zero-order valence-electron chi connectivity index (χ0n) is 18.3. The number of aryl methyl sites for hydroxylation is 1. The molecule has 166 valence electrons. The summed E-state index contributed by atoms with van der Waals surface area (Å²) in [6, 6.07) is 12.0. The molecule has 0 fully saturated rings. The van der Waals surface area contributed by atoms with E-state index in [1.165, 1.54) is 12.1 Å². The topological polar surface area (TPSA) is 89.9 Å². The van der Waals surface area contributed by atoms with Crippen molar-refractivity contribution in [3.8, 4) is 5.75 Å². The molecule has 2 heterocycles. The Balaban J connectivity index is 1.42. The van der Waals surface area contributed by atoms with Crippen LogP contribution in [0.3, 0.4) is 0 Å². The lowest BCUT2D eigenvalue weighted by atomic mass is 9.82. The third-order valence-corrected chi connectivity index (χ3v) is 5.77. The highest BCUT2D eigenvalue weighted by Crippen LogP contribution is 2.32. The van der Waals surface area contributed by atoms with Gasteiger partial charge >= 0.3 is 0 Å². The zero-order chi connectivity index (χ0) is 22.9. The molecule has 4 aromatic rings. The monoisotopic (exact) mass is 443 g/mol. The number of ether oxygens (including phenoxy) is 1. The molecule has 1 aliphatic carbocycles. The van der Waals surface area contributed by atoms with Crippen LogP contribution in [0.1, 0.15) is 46.6 Å². The molecular formula is C25H22FN5O2. The summed E-state index contributed by atoms with van der Waals surface area (Å²) in [7, 11) is 0. The molecule has 2 aromatic heterocycles. The van der Waals surface area contributed by atoms with Gasteiger partial charge < -0.3 is 4.74 Å². The Bertz CT molecular complexity index is 1360. The first-order chi connectivity index (χ1) is 16.0.